The van der Waals surface area contributed by atoms with E-state index in [2.05, 4.69) is 4.37 Å². The Labute approximate surface area is 96.6 Å². The van der Waals surface area contributed by atoms with E-state index in [-0.39, 0.29) is 0 Å². The number of hydrogen-bond donors (Lipinski definition) is 1. The van der Waals surface area contributed by atoms with Crippen molar-refractivity contribution in [2.24, 2.45) is 0 Å². The second-order valence-corrected chi connectivity index (χ2v) is 4.23. The van der Waals surface area contributed by atoms with Gasteiger partial charge >= 0.3 is 0 Å². The van der Waals surface area contributed by atoms with E-state index in [4.69, 9.17) is 22.1 Å². The normalized spacial score (nSPS) is 10.2. The molecule has 1 aromatic carbocycles. The number of ether oxygens (including phenoxy) is 1. The van der Waals surface area contributed by atoms with Crippen LogP contribution < -0.4 is 10.5 Å². The van der Waals surface area contributed by atoms with Gasteiger partial charge in [-0.25, -0.2) is 0 Å². The van der Waals surface area contributed by atoms with Crippen LogP contribution in [0.25, 0.3) is 0 Å². The summed E-state index contributed by atoms with van der Waals surface area (Å²) in [7, 11) is 0. The van der Waals surface area contributed by atoms with Gasteiger partial charge in [-0.2, -0.15) is 4.37 Å². The predicted octanol–water partition coefficient (Wildman–Crippen LogP) is 2.96. The van der Waals surface area contributed by atoms with E-state index in [0.29, 0.717) is 16.6 Å². The fraction of sp³-hybridized carbons (Fsp3) is 0.100. The third-order valence-electron chi connectivity index (χ3n) is 1.88. The number of anilines is 1. The number of benzene rings is 1. The van der Waals surface area contributed by atoms with Crippen molar-refractivity contribution in [3.63, 3.8) is 0 Å². The summed E-state index contributed by atoms with van der Waals surface area (Å²) in [6.45, 7) is 0.434. The molecule has 0 fully saturated rings. The Morgan fingerprint density at radius 1 is 1.33 bits per heavy atom. The summed E-state index contributed by atoms with van der Waals surface area (Å²) in [4.78, 5) is 0. The highest BCUT2D eigenvalue weighted by Crippen LogP contribution is 2.20. The lowest BCUT2D eigenvalue weighted by Gasteiger charge is -2.04. The van der Waals surface area contributed by atoms with Crippen LogP contribution in [0.4, 0.5) is 5.00 Å². The lowest BCUT2D eigenvalue weighted by Crippen LogP contribution is -1.96. The molecule has 0 unspecified atom stereocenters. The van der Waals surface area contributed by atoms with Crippen LogP contribution in [0.5, 0.6) is 5.75 Å². The number of rotatable bonds is 3. The van der Waals surface area contributed by atoms with Gasteiger partial charge in [-0.1, -0.05) is 11.6 Å². The molecular formula is C10H9ClN2OS. The van der Waals surface area contributed by atoms with Crippen molar-refractivity contribution in [1.82, 2.24) is 4.37 Å². The Kier molecular flexibility index (Phi) is 3.08. The Bertz CT molecular complexity index is 441. The van der Waals surface area contributed by atoms with E-state index < -0.39 is 0 Å². The van der Waals surface area contributed by atoms with Gasteiger partial charge in [0.25, 0.3) is 0 Å². The predicted molar refractivity (Wildman–Crippen MR) is 62.3 cm³/mol. The summed E-state index contributed by atoms with van der Waals surface area (Å²) < 4.78 is 9.48. The summed E-state index contributed by atoms with van der Waals surface area (Å²) in [5.41, 5.74) is 6.60. The first-order valence-corrected chi connectivity index (χ1v) is 5.48. The molecule has 2 N–H and O–H groups in total. The van der Waals surface area contributed by atoms with Crippen molar-refractivity contribution in [2.75, 3.05) is 5.73 Å². The number of nitrogens with zero attached hydrogens (tertiary/aromatic N) is 1. The summed E-state index contributed by atoms with van der Waals surface area (Å²) >= 11 is 7.02. The molecule has 3 nitrogen and oxygen atoms in total. The van der Waals surface area contributed by atoms with Crippen LogP contribution in [0, 0.1) is 0 Å². The maximum absolute atomic E-state index is 5.75. The molecule has 2 rings (SSSR count). The molecule has 0 amide bonds. The smallest absolute Gasteiger partial charge is 0.119 e. The molecule has 0 saturated carbocycles. The minimum Gasteiger partial charge on any atom is -0.489 e. The van der Waals surface area contributed by atoms with Gasteiger partial charge in [-0.3, -0.25) is 0 Å². The van der Waals surface area contributed by atoms with Gasteiger partial charge in [0.1, 0.15) is 17.4 Å². The Hall–Kier alpha value is -1.26. The van der Waals surface area contributed by atoms with E-state index in [9.17, 15) is 0 Å². The van der Waals surface area contributed by atoms with Crippen LogP contribution in [-0.2, 0) is 6.61 Å². The van der Waals surface area contributed by atoms with E-state index in [1.54, 1.807) is 18.3 Å². The van der Waals surface area contributed by atoms with Crippen LogP contribution in [0.3, 0.4) is 0 Å². The maximum atomic E-state index is 5.75. The van der Waals surface area contributed by atoms with Crippen molar-refractivity contribution < 1.29 is 4.74 Å². The molecule has 15 heavy (non-hydrogen) atoms. The minimum atomic E-state index is 0.434. The lowest BCUT2D eigenvalue weighted by atomic mass is 10.3. The van der Waals surface area contributed by atoms with Crippen molar-refractivity contribution in [2.45, 2.75) is 6.61 Å². The summed E-state index contributed by atoms with van der Waals surface area (Å²) in [5.74, 6) is 0.769. The highest BCUT2D eigenvalue weighted by Gasteiger charge is 2.02. The molecule has 1 aromatic heterocycles. The van der Waals surface area contributed by atoms with Gasteiger partial charge in [-0.05, 0) is 35.8 Å². The average molecular weight is 241 g/mol. The number of halogens is 1. The van der Waals surface area contributed by atoms with Crippen LogP contribution in [0.15, 0.2) is 30.5 Å². The molecule has 78 valence electrons. The van der Waals surface area contributed by atoms with Gasteiger partial charge in [0, 0.05) is 16.8 Å². The summed E-state index contributed by atoms with van der Waals surface area (Å²) in [5, 5.41) is 1.39. The number of nitrogens with two attached hydrogens (primary N) is 1. The second kappa shape index (κ2) is 4.51. The van der Waals surface area contributed by atoms with E-state index in [1.807, 2.05) is 12.1 Å². The standard InChI is InChI=1S/C10H9ClN2OS/c11-8-1-3-9(4-2-8)14-6-7-5-13-15-10(7)12/h1-5H,6,12H2. The lowest BCUT2D eigenvalue weighted by molar-refractivity contribution is 0.307. The molecule has 0 aliphatic heterocycles. The van der Waals surface area contributed by atoms with Crippen molar-refractivity contribution in [1.29, 1.82) is 0 Å². The molecule has 0 spiro atoms. The third-order valence-corrected chi connectivity index (χ3v) is 2.81. The first-order valence-electron chi connectivity index (χ1n) is 4.33. The van der Waals surface area contributed by atoms with Crippen molar-refractivity contribution in [3.8, 4) is 5.75 Å². The fourth-order valence-electron chi connectivity index (χ4n) is 1.07. The molecule has 2 aromatic rings. The third kappa shape index (κ3) is 2.61. The van der Waals surface area contributed by atoms with Gasteiger partial charge < -0.3 is 10.5 Å². The highest BCUT2D eigenvalue weighted by molar-refractivity contribution is 7.10. The molecule has 0 radical (unpaired) electrons. The maximum Gasteiger partial charge on any atom is 0.119 e. The first-order chi connectivity index (χ1) is 7.25. The van der Waals surface area contributed by atoms with Crippen LogP contribution in [-0.4, -0.2) is 4.37 Å². The number of nitrogen functional groups attached to an aromatic ring is 1. The molecule has 0 atom stereocenters. The Morgan fingerprint density at radius 3 is 2.67 bits per heavy atom. The SMILES string of the molecule is Nc1sncc1COc1ccc(Cl)cc1. The molecule has 0 saturated heterocycles. The number of hydrogen-bond acceptors (Lipinski definition) is 4. The van der Waals surface area contributed by atoms with Crippen molar-refractivity contribution in [3.05, 3.63) is 41.0 Å². The monoisotopic (exact) mass is 240 g/mol. The van der Waals surface area contributed by atoms with Crippen LogP contribution in [0.1, 0.15) is 5.56 Å². The van der Waals surface area contributed by atoms with Gasteiger partial charge in [0.05, 0.1) is 0 Å². The average Bonchev–Trinajstić information content (AvgIpc) is 2.63. The van der Waals surface area contributed by atoms with E-state index in [1.165, 1.54) is 11.5 Å². The van der Waals surface area contributed by atoms with Gasteiger partial charge in [-0.15, -0.1) is 0 Å². The van der Waals surface area contributed by atoms with Crippen molar-refractivity contribution >= 4 is 28.1 Å². The molecule has 1 heterocycles. The summed E-state index contributed by atoms with van der Waals surface area (Å²) in [6, 6.07) is 7.20. The zero-order valence-electron chi connectivity index (χ0n) is 7.81. The van der Waals surface area contributed by atoms with Crippen LogP contribution in [0.2, 0.25) is 5.02 Å². The van der Waals surface area contributed by atoms with Crippen LogP contribution >= 0.6 is 23.1 Å². The topological polar surface area (TPSA) is 48.1 Å². The highest BCUT2D eigenvalue weighted by atomic mass is 35.5. The molecule has 0 aliphatic rings. The summed E-state index contributed by atoms with van der Waals surface area (Å²) in [6.07, 6.45) is 1.72. The molecule has 5 heteroatoms. The molecular weight excluding hydrogens is 232 g/mol. The van der Waals surface area contributed by atoms with Gasteiger partial charge in [0.15, 0.2) is 0 Å². The second-order valence-electron chi connectivity index (χ2n) is 2.96. The zero-order chi connectivity index (χ0) is 10.7. The van der Waals surface area contributed by atoms with E-state index >= 15 is 0 Å². The largest absolute Gasteiger partial charge is 0.489 e. The fourth-order valence-corrected chi connectivity index (χ4v) is 1.72. The minimum absolute atomic E-state index is 0.434. The molecule has 0 aliphatic carbocycles. The van der Waals surface area contributed by atoms with Gasteiger partial charge in [0.2, 0.25) is 0 Å². The Morgan fingerprint density at radius 2 is 2.07 bits per heavy atom. The molecule has 0 bridgehead atoms. The number of aromatic nitrogens is 1. The van der Waals surface area contributed by atoms with E-state index in [0.717, 1.165) is 11.3 Å². The first kappa shape index (κ1) is 10.3. The quantitative estimate of drug-likeness (QED) is 0.897. The zero-order valence-corrected chi connectivity index (χ0v) is 9.39. The Balaban J connectivity index is 1.99.